The average molecular weight is 319 g/mol. The van der Waals surface area contributed by atoms with Crippen molar-refractivity contribution in [1.29, 1.82) is 0 Å². The first kappa shape index (κ1) is 14.5. The van der Waals surface area contributed by atoms with Crippen LogP contribution in [0.5, 0.6) is 0 Å². The Kier molecular flexibility index (Phi) is 4.96. The van der Waals surface area contributed by atoms with E-state index in [1.807, 2.05) is 0 Å². The lowest BCUT2D eigenvalue weighted by Crippen LogP contribution is -2.32. The molecule has 0 spiro atoms. The number of hydrogen-bond donors (Lipinski definition) is 1. The van der Waals surface area contributed by atoms with Gasteiger partial charge in [0.2, 0.25) is 5.91 Å². The molecule has 3 amide bonds. The summed E-state index contributed by atoms with van der Waals surface area (Å²) in [6.07, 6.45) is 0. The highest BCUT2D eigenvalue weighted by atomic mass is 35.5. The number of hydrogen-bond acceptors (Lipinski definition) is 3. The molecule has 0 aliphatic carbocycles. The van der Waals surface area contributed by atoms with Gasteiger partial charge in [-0.1, -0.05) is 29.3 Å². The molecule has 1 aromatic rings. The van der Waals surface area contributed by atoms with Crippen molar-refractivity contribution in [1.82, 2.24) is 10.2 Å². The molecule has 0 atom stereocenters. The third-order valence-corrected chi connectivity index (χ3v) is 4.38. The fourth-order valence-corrected chi connectivity index (χ4v) is 3.34. The molecule has 0 aromatic heterocycles. The lowest BCUT2D eigenvalue weighted by Gasteiger charge is -2.12. The third-order valence-electron chi connectivity index (χ3n) is 2.70. The molecule has 0 saturated carbocycles. The third kappa shape index (κ3) is 3.55. The number of carbonyl (C=O) groups excluding carboxylic acids is 2. The van der Waals surface area contributed by atoms with Gasteiger partial charge in [0, 0.05) is 28.1 Å². The van der Waals surface area contributed by atoms with Crippen LogP contribution in [-0.2, 0) is 10.5 Å². The molecular weight excluding hydrogens is 307 g/mol. The maximum Gasteiger partial charge on any atom is 0.324 e. The first-order chi connectivity index (χ1) is 9.09. The summed E-state index contributed by atoms with van der Waals surface area (Å²) in [6.45, 7) is 0.497. The highest BCUT2D eigenvalue weighted by Gasteiger charge is 2.27. The summed E-state index contributed by atoms with van der Waals surface area (Å²) in [7, 11) is 0. The van der Waals surface area contributed by atoms with E-state index in [0.29, 0.717) is 28.1 Å². The van der Waals surface area contributed by atoms with E-state index in [0.717, 1.165) is 5.56 Å². The fourth-order valence-electron chi connectivity index (χ4n) is 1.68. The molecule has 1 aliphatic heterocycles. The Bertz CT molecular complexity index is 474. The van der Waals surface area contributed by atoms with Gasteiger partial charge in [-0.05, 0) is 17.7 Å². The fraction of sp³-hybridized carbons (Fsp3) is 0.333. The van der Waals surface area contributed by atoms with Crippen molar-refractivity contribution in [2.75, 3.05) is 18.8 Å². The smallest absolute Gasteiger partial charge is 0.324 e. The second kappa shape index (κ2) is 6.50. The summed E-state index contributed by atoms with van der Waals surface area (Å²) in [5, 5.41) is 3.75. The molecule has 1 aromatic carbocycles. The Morgan fingerprint density at radius 3 is 2.53 bits per heavy atom. The lowest BCUT2D eigenvalue weighted by atomic mass is 10.2. The van der Waals surface area contributed by atoms with Gasteiger partial charge in [0.25, 0.3) is 0 Å². The molecule has 1 saturated heterocycles. The molecule has 19 heavy (non-hydrogen) atoms. The number of imide groups is 1. The van der Waals surface area contributed by atoms with Crippen molar-refractivity contribution in [2.24, 2.45) is 0 Å². The SMILES string of the molecule is O=C1CNC(=O)N1CCSCc1c(Cl)cccc1Cl. The van der Waals surface area contributed by atoms with Gasteiger partial charge < -0.3 is 5.32 Å². The monoisotopic (exact) mass is 318 g/mol. The summed E-state index contributed by atoms with van der Waals surface area (Å²) >= 11 is 13.7. The number of rotatable bonds is 5. The van der Waals surface area contributed by atoms with Crippen LogP contribution >= 0.6 is 35.0 Å². The lowest BCUT2D eigenvalue weighted by molar-refractivity contribution is -0.124. The highest BCUT2D eigenvalue weighted by Crippen LogP contribution is 2.28. The van der Waals surface area contributed by atoms with Crippen molar-refractivity contribution < 1.29 is 9.59 Å². The van der Waals surface area contributed by atoms with Crippen molar-refractivity contribution in [2.45, 2.75) is 5.75 Å². The second-order valence-electron chi connectivity index (χ2n) is 3.96. The summed E-state index contributed by atoms with van der Waals surface area (Å²) in [5.41, 5.74) is 0.882. The van der Waals surface area contributed by atoms with E-state index < -0.39 is 0 Å². The van der Waals surface area contributed by atoms with Gasteiger partial charge in [-0.25, -0.2) is 4.79 Å². The minimum atomic E-state index is -0.318. The van der Waals surface area contributed by atoms with E-state index in [-0.39, 0.29) is 18.5 Å². The molecule has 0 unspecified atom stereocenters. The Morgan fingerprint density at radius 1 is 1.26 bits per heavy atom. The Hall–Kier alpha value is -0.910. The Labute approximate surface area is 125 Å². The summed E-state index contributed by atoms with van der Waals surface area (Å²) in [5.74, 6) is 1.13. The maximum atomic E-state index is 11.3. The quantitative estimate of drug-likeness (QED) is 0.671. The van der Waals surface area contributed by atoms with E-state index in [2.05, 4.69) is 5.32 Å². The number of thioether (sulfide) groups is 1. The van der Waals surface area contributed by atoms with Crippen LogP contribution in [0.3, 0.4) is 0 Å². The topological polar surface area (TPSA) is 49.4 Å². The molecule has 1 aliphatic rings. The Morgan fingerprint density at radius 2 is 1.95 bits per heavy atom. The van der Waals surface area contributed by atoms with Crippen molar-refractivity contribution in [3.05, 3.63) is 33.8 Å². The molecule has 0 radical (unpaired) electrons. The molecular formula is C12H12Cl2N2O2S. The number of halogens is 2. The average Bonchev–Trinajstić information content (AvgIpc) is 2.68. The van der Waals surface area contributed by atoms with Crippen LogP contribution in [0.15, 0.2) is 18.2 Å². The number of nitrogens with zero attached hydrogens (tertiary/aromatic N) is 1. The number of urea groups is 1. The van der Waals surface area contributed by atoms with E-state index >= 15 is 0 Å². The van der Waals surface area contributed by atoms with Gasteiger partial charge in [-0.3, -0.25) is 9.69 Å². The molecule has 2 rings (SSSR count). The normalized spacial score (nSPS) is 14.9. The molecule has 4 nitrogen and oxygen atoms in total. The van der Waals surface area contributed by atoms with Crippen LogP contribution in [0.4, 0.5) is 4.79 Å². The zero-order valence-corrected chi connectivity index (χ0v) is 12.3. The van der Waals surface area contributed by atoms with Gasteiger partial charge in [0.15, 0.2) is 0 Å². The zero-order chi connectivity index (χ0) is 13.8. The summed E-state index contributed by atoms with van der Waals surface area (Å²) in [4.78, 5) is 23.9. The molecule has 1 fully saturated rings. The number of nitrogens with one attached hydrogen (secondary N) is 1. The van der Waals surface area contributed by atoms with E-state index in [1.54, 1.807) is 30.0 Å². The standard InChI is InChI=1S/C12H12Cl2N2O2S/c13-9-2-1-3-10(14)8(9)7-19-5-4-16-11(17)6-15-12(16)18/h1-3H,4-7H2,(H,15,18). The number of benzene rings is 1. The van der Waals surface area contributed by atoms with Crippen LogP contribution in [0.2, 0.25) is 10.0 Å². The predicted octanol–water partition coefficient (Wildman–Crippen LogP) is 2.78. The molecule has 1 heterocycles. The van der Waals surface area contributed by atoms with E-state index in [4.69, 9.17) is 23.2 Å². The van der Waals surface area contributed by atoms with E-state index in [1.165, 1.54) is 4.90 Å². The number of carbonyl (C=O) groups is 2. The van der Waals surface area contributed by atoms with Crippen molar-refractivity contribution in [3.63, 3.8) is 0 Å². The van der Waals surface area contributed by atoms with Crippen LogP contribution in [0.25, 0.3) is 0 Å². The number of amides is 3. The zero-order valence-electron chi connectivity index (χ0n) is 9.99. The van der Waals surface area contributed by atoms with Gasteiger partial charge in [0.05, 0.1) is 6.54 Å². The Balaban J connectivity index is 1.81. The van der Waals surface area contributed by atoms with Crippen LogP contribution in [0.1, 0.15) is 5.56 Å². The minimum absolute atomic E-state index is 0.0971. The molecule has 7 heteroatoms. The van der Waals surface area contributed by atoms with E-state index in [9.17, 15) is 9.59 Å². The van der Waals surface area contributed by atoms with Crippen LogP contribution < -0.4 is 5.32 Å². The first-order valence-electron chi connectivity index (χ1n) is 5.68. The van der Waals surface area contributed by atoms with Crippen LogP contribution in [0, 0.1) is 0 Å². The maximum absolute atomic E-state index is 11.3. The summed E-state index contributed by atoms with van der Waals surface area (Å²) in [6, 6.07) is 5.06. The van der Waals surface area contributed by atoms with Gasteiger partial charge in [-0.2, -0.15) is 11.8 Å². The summed E-state index contributed by atoms with van der Waals surface area (Å²) < 4.78 is 0. The minimum Gasteiger partial charge on any atom is -0.329 e. The highest BCUT2D eigenvalue weighted by molar-refractivity contribution is 7.98. The van der Waals surface area contributed by atoms with Crippen LogP contribution in [-0.4, -0.2) is 35.7 Å². The largest absolute Gasteiger partial charge is 0.329 e. The second-order valence-corrected chi connectivity index (χ2v) is 5.88. The van der Waals surface area contributed by atoms with Crippen molar-refractivity contribution in [3.8, 4) is 0 Å². The van der Waals surface area contributed by atoms with Gasteiger partial charge in [-0.15, -0.1) is 0 Å². The van der Waals surface area contributed by atoms with Crippen molar-refractivity contribution >= 4 is 46.9 Å². The van der Waals surface area contributed by atoms with Gasteiger partial charge in [0.1, 0.15) is 0 Å². The first-order valence-corrected chi connectivity index (χ1v) is 7.59. The predicted molar refractivity (Wildman–Crippen MR) is 77.7 cm³/mol. The van der Waals surface area contributed by atoms with Gasteiger partial charge >= 0.3 is 6.03 Å². The molecule has 1 N–H and O–H groups in total. The molecule has 102 valence electrons. The molecule has 0 bridgehead atoms.